The van der Waals surface area contributed by atoms with Crippen molar-refractivity contribution >= 4 is 29.9 Å². The zero-order valence-electron chi connectivity index (χ0n) is 8.56. The smallest absolute Gasteiger partial charge is 0.222 e. The normalized spacial score (nSPS) is 21.3. The lowest BCUT2D eigenvalue weighted by Crippen LogP contribution is -2.27. The lowest BCUT2D eigenvalue weighted by atomic mass is 10.1. The zero-order chi connectivity index (χ0) is 10.7. The molecule has 1 aromatic rings. The maximum absolute atomic E-state index is 11.6. The number of hydrogen-bond donors (Lipinski definition) is 1. The molecule has 4 heteroatoms. The Bertz CT molecular complexity index is 323. The van der Waals surface area contributed by atoms with Crippen molar-refractivity contribution in [1.82, 2.24) is 4.90 Å². The van der Waals surface area contributed by atoms with Crippen LogP contribution in [0.2, 0.25) is 0 Å². The fraction of sp³-hybridized carbons (Fsp3) is 0.545. The van der Waals surface area contributed by atoms with Crippen LogP contribution in [0.3, 0.4) is 0 Å². The Kier molecular flexibility index (Phi) is 3.70. The molecule has 15 heavy (non-hydrogen) atoms. The number of thiophene rings is 1. The van der Waals surface area contributed by atoms with E-state index >= 15 is 0 Å². The van der Waals surface area contributed by atoms with Gasteiger partial charge in [-0.25, -0.2) is 0 Å². The van der Waals surface area contributed by atoms with Gasteiger partial charge in [-0.1, -0.05) is 6.07 Å². The van der Waals surface area contributed by atoms with Crippen molar-refractivity contribution in [2.24, 2.45) is 5.92 Å². The van der Waals surface area contributed by atoms with Crippen LogP contribution < -0.4 is 0 Å². The number of thiol groups is 1. The second kappa shape index (κ2) is 5.03. The Balaban J connectivity index is 1.83. The van der Waals surface area contributed by atoms with E-state index in [-0.39, 0.29) is 0 Å². The van der Waals surface area contributed by atoms with E-state index < -0.39 is 0 Å². The van der Waals surface area contributed by atoms with Crippen LogP contribution in [0, 0.1) is 5.92 Å². The minimum atomic E-state index is 0.297. The van der Waals surface area contributed by atoms with Gasteiger partial charge in [-0.2, -0.15) is 12.6 Å². The minimum Gasteiger partial charge on any atom is -0.342 e. The van der Waals surface area contributed by atoms with Gasteiger partial charge in [0.1, 0.15) is 0 Å². The molecule has 0 aromatic carbocycles. The Morgan fingerprint density at radius 3 is 3.07 bits per heavy atom. The molecule has 1 aliphatic rings. The van der Waals surface area contributed by atoms with Crippen molar-refractivity contribution in [3.63, 3.8) is 0 Å². The van der Waals surface area contributed by atoms with E-state index in [1.807, 2.05) is 4.90 Å². The second-order valence-corrected chi connectivity index (χ2v) is 5.32. The van der Waals surface area contributed by atoms with Crippen LogP contribution in [-0.2, 0) is 11.2 Å². The molecule has 2 rings (SSSR count). The van der Waals surface area contributed by atoms with Crippen molar-refractivity contribution in [2.45, 2.75) is 12.8 Å². The minimum absolute atomic E-state index is 0.297. The first-order chi connectivity index (χ1) is 7.29. The maximum Gasteiger partial charge on any atom is 0.222 e. The standard InChI is InChI=1S/C11H15NOS2/c13-11-6-9(8-14)7-12(11)4-3-10-2-1-5-15-10/h1-2,5,9,14H,3-4,6-8H2. The highest BCUT2D eigenvalue weighted by Crippen LogP contribution is 2.19. The van der Waals surface area contributed by atoms with Crippen LogP contribution in [0.4, 0.5) is 0 Å². The highest BCUT2D eigenvalue weighted by molar-refractivity contribution is 7.80. The van der Waals surface area contributed by atoms with Gasteiger partial charge in [0.05, 0.1) is 0 Å². The molecule has 0 radical (unpaired) electrons. The van der Waals surface area contributed by atoms with E-state index in [1.165, 1.54) is 4.88 Å². The molecule has 1 atom stereocenters. The molecular formula is C11H15NOS2. The lowest BCUT2D eigenvalue weighted by molar-refractivity contribution is -0.127. The molecule has 1 amide bonds. The molecule has 2 heterocycles. The first kappa shape index (κ1) is 11.0. The summed E-state index contributed by atoms with van der Waals surface area (Å²) in [7, 11) is 0. The molecule has 1 fully saturated rings. The van der Waals surface area contributed by atoms with Gasteiger partial charge in [0.2, 0.25) is 5.91 Å². The molecule has 1 unspecified atom stereocenters. The topological polar surface area (TPSA) is 20.3 Å². The Hall–Kier alpha value is -0.480. The van der Waals surface area contributed by atoms with E-state index in [9.17, 15) is 4.79 Å². The molecule has 0 spiro atoms. The zero-order valence-corrected chi connectivity index (χ0v) is 10.3. The molecule has 1 saturated heterocycles. The molecule has 1 aliphatic heterocycles. The van der Waals surface area contributed by atoms with Crippen LogP contribution in [0.15, 0.2) is 17.5 Å². The summed E-state index contributed by atoms with van der Waals surface area (Å²) in [4.78, 5) is 14.9. The van der Waals surface area contributed by atoms with E-state index in [0.29, 0.717) is 18.2 Å². The fourth-order valence-electron chi connectivity index (χ4n) is 1.89. The molecule has 2 nitrogen and oxygen atoms in total. The third-order valence-electron chi connectivity index (χ3n) is 2.76. The number of nitrogens with zero attached hydrogens (tertiary/aromatic N) is 1. The highest BCUT2D eigenvalue weighted by Gasteiger charge is 2.27. The quantitative estimate of drug-likeness (QED) is 0.800. The molecule has 82 valence electrons. The van der Waals surface area contributed by atoms with Gasteiger partial charge in [-0.15, -0.1) is 11.3 Å². The van der Waals surface area contributed by atoms with Crippen molar-refractivity contribution in [3.05, 3.63) is 22.4 Å². The summed E-state index contributed by atoms with van der Waals surface area (Å²) in [5.74, 6) is 1.58. The Labute approximate surface area is 99.7 Å². The van der Waals surface area contributed by atoms with Gasteiger partial charge >= 0.3 is 0 Å². The molecule has 0 bridgehead atoms. The largest absolute Gasteiger partial charge is 0.342 e. The summed E-state index contributed by atoms with van der Waals surface area (Å²) in [6.07, 6.45) is 1.68. The maximum atomic E-state index is 11.6. The van der Waals surface area contributed by atoms with Gasteiger partial charge in [-0.3, -0.25) is 4.79 Å². The third-order valence-corrected chi connectivity index (χ3v) is 4.21. The van der Waals surface area contributed by atoms with E-state index in [0.717, 1.165) is 25.3 Å². The van der Waals surface area contributed by atoms with Crippen molar-refractivity contribution in [2.75, 3.05) is 18.8 Å². The van der Waals surface area contributed by atoms with E-state index in [1.54, 1.807) is 11.3 Å². The van der Waals surface area contributed by atoms with Gasteiger partial charge < -0.3 is 4.90 Å². The van der Waals surface area contributed by atoms with E-state index in [2.05, 4.69) is 30.1 Å². The summed E-state index contributed by atoms with van der Waals surface area (Å²) < 4.78 is 0. The average Bonchev–Trinajstić information content (AvgIpc) is 2.84. The van der Waals surface area contributed by atoms with Crippen LogP contribution >= 0.6 is 24.0 Å². The summed E-state index contributed by atoms with van der Waals surface area (Å²) in [6, 6.07) is 4.18. The summed E-state index contributed by atoms with van der Waals surface area (Å²) in [6.45, 7) is 1.76. The first-order valence-corrected chi connectivity index (χ1v) is 6.72. The van der Waals surface area contributed by atoms with Gasteiger partial charge in [0, 0.05) is 24.4 Å². The number of rotatable bonds is 4. The predicted octanol–water partition coefficient (Wildman–Crippen LogP) is 2.07. The number of amides is 1. The first-order valence-electron chi connectivity index (χ1n) is 5.20. The Morgan fingerprint density at radius 1 is 1.60 bits per heavy atom. The fourth-order valence-corrected chi connectivity index (χ4v) is 2.84. The summed E-state index contributed by atoms with van der Waals surface area (Å²) in [5, 5.41) is 2.08. The second-order valence-electron chi connectivity index (χ2n) is 3.92. The molecule has 0 aliphatic carbocycles. The predicted molar refractivity (Wildman–Crippen MR) is 66.6 cm³/mol. The van der Waals surface area contributed by atoms with Gasteiger partial charge in [0.25, 0.3) is 0 Å². The SMILES string of the molecule is O=C1CC(CS)CN1CCc1cccs1. The van der Waals surface area contributed by atoms with Crippen LogP contribution in [0.1, 0.15) is 11.3 Å². The lowest BCUT2D eigenvalue weighted by Gasteiger charge is -2.15. The molecule has 0 N–H and O–H groups in total. The molecule has 0 saturated carbocycles. The van der Waals surface area contributed by atoms with Crippen LogP contribution in [-0.4, -0.2) is 29.6 Å². The monoisotopic (exact) mass is 241 g/mol. The molecule has 1 aromatic heterocycles. The number of carbonyl (C=O) groups is 1. The molecular weight excluding hydrogens is 226 g/mol. The van der Waals surface area contributed by atoms with Crippen LogP contribution in [0.5, 0.6) is 0 Å². The van der Waals surface area contributed by atoms with Crippen molar-refractivity contribution in [1.29, 1.82) is 0 Å². The van der Waals surface area contributed by atoms with Gasteiger partial charge in [-0.05, 0) is 29.5 Å². The van der Waals surface area contributed by atoms with Crippen molar-refractivity contribution < 1.29 is 4.79 Å². The summed E-state index contributed by atoms with van der Waals surface area (Å²) >= 11 is 6.01. The number of likely N-dealkylation sites (tertiary alicyclic amines) is 1. The summed E-state index contributed by atoms with van der Waals surface area (Å²) in [5.41, 5.74) is 0. The highest BCUT2D eigenvalue weighted by atomic mass is 32.1. The van der Waals surface area contributed by atoms with Crippen molar-refractivity contribution in [3.8, 4) is 0 Å². The number of hydrogen-bond acceptors (Lipinski definition) is 3. The number of carbonyl (C=O) groups excluding carboxylic acids is 1. The van der Waals surface area contributed by atoms with E-state index in [4.69, 9.17) is 0 Å². The van der Waals surface area contributed by atoms with Gasteiger partial charge in [0.15, 0.2) is 0 Å². The average molecular weight is 241 g/mol. The Morgan fingerprint density at radius 2 is 2.47 bits per heavy atom. The third kappa shape index (κ3) is 2.75. The van der Waals surface area contributed by atoms with Crippen LogP contribution in [0.25, 0.3) is 0 Å².